The Balaban J connectivity index is 2.53. The van der Waals surface area contributed by atoms with Gasteiger partial charge in [0, 0.05) is 38.8 Å². The molecule has 0 radical (unpaired) electrons. The number of ether oxygens (including phenoxy) is 1. The Hall–Kier alpha value is -1.85. The van der Waals surface area contributed by atoms with Crippen LogP contribution >= 0.6 is 0 Å². The minimum Gasteiger partial charge on any atom is -0.478 e. The molecule has 1 aromatic heterocycles. The molecule has 1 aromatic rings. The molecule has 0 spiro atoms. The molecule has 0 aliphatic heterocycles. The van der Waals surface area contributed by atoms with Crippen LogP contribution in [0.2, 0.25) is 0 Å². The summed E-state index contributed by atoms with van der Waals surface area (Å²) in [4.78, 5) is 21.5. The van der Waals surface area contributed by atoms with Crippen LogP contribution in [0.25, 0.3) is 0 Å². The second kappa shape index (κ2) is 7.56. The lowest BCUT2D eigenvalue weighted by Gasteiger charge is -2.11. The normalized spacial score (nSPS) is 10.1. The average molecular weight is 266 g/mol. The van der Waals surface area contributed by atoms with Gasteiger partial charge in [0.25, 0.3) is 0 Å². The van der Waals surface area contributed by atoms with E-state index in [1.807, 2.05) is 13.8 Å². The number of amides is 1. The zero-order valence-electron chi connectivity index (χ0n) is 12.1. The number of nitrogens with zero attached hydrogens (tertiary/aromatic N) is 3. The van der Waals surface area contributed by atoms with E-state index < -0.39 is 0 Å². The first kappa shape index (κ1) is 15.2. The maximum Gasteiger partial charge on any atom is 0.226 e. The molecular weight excluding hydrogens is 244 g/mol. The molecule has 6 nitrogen and oxygen atoms in total. The van der Waals surface area contributed by atoms with Crippen molar-refractivity contribution >= 4 is 11.9 Å². The van der Waals surface area contributed by atoms with Gasteiger partial charge in [-0.3, -0.25) is 4.79 Å². The fourth-order valence-corrected chi connectivity index (χ4v) is 1.40. The first-order valence-electron chi connectivity index (χ1n) is 6.45. The summed E-state index contributed by atoms with van der Waals surface area (Å²) in [5, 5.41) is 3.04. The molecule has 0 aromatic carbocycles. The highest BCUT2D eigenvalue weighted by atomic mass is 16.5. The molecule has 0 fully saturated rings. The number of hydrogen-bond donors (Lipinski definition) is 1. The summed E-state index contributed by atoms with van der Waals surface area (Å²) < 4.78 is 5.48. The van der Waals surface area contributed by atoms with Crippen LogP contribution in [0.1, 0.15) is 25.5 Å². The van der Waals surface area contributed by atoms with E-state index in [1.165, 1.54) is 0 Å². The van der Waals surface area contributed by atoms with Crippen molar-refractivity contribution in [2.24, 2.45) is 0 Å². The molecule has 0 saturated carbocycles. The summed E-state index contributed by atoms with van der Waals surface area (Å²) in [5.74, 6) is 1.14. The Morgan fingerprint density at radius 2 is 2.16 bits per heavy atom. The van der Waals surface area contributed by atoms with E-state index in [-0.39, 0.29) is 5.91 Å². The van der Waals surface area contributed by atoms with Crippen molar-refractivity contribution in [3.63, 3.8) is 0 Å². The van der Waals surface area contributed by atoms with Gasteiger partial charge in [-0.25, -0.2) is 4.98 Å². The van der Waals surface area contributed by atoms with Crippen LogP contribution < -0.4 is 10.1 Å². The Morgan fingerprint density at radius 1 is 1.42 bits per heavy atom. The van der Waals surface area contributed by atoms with Crippen LogP contribution in [0.3, 0.4) is 0 Å². The van der Waals surface area contributed by atoms with E-state index >= 15 is 0 Å². The molecule has 1 N–H and O–H groups in total. The minimum atomic E-state index is 0.0719. The first-order valence-corrected chi connectivity index (χ1v) is 6.45. The smallest absolute Gasteiger partial charge is 0.226 e. The number of hydrogen-bond acceptors (Lipinski definition) is 5. The van der Waals surface area contributed by atoms with Crippen molar-refractivity contribution in [2.75, 3.05) is 32.6 Å². The standard InChI is InChI=1S/C13H22N4O2/c1-5-8-19-11-9-10(2)15-13(16-11)14-7-6-12(18)17(3)4/h9H,5-8H2,1-4H3,(H,14,15,16). The topological polar surface area (TPSA) is 67.3 Å². The molecule has 0 aliphatic carbocycles. The van der Waals surface area contributed by atoms with Gasteiger partial charge < -0.3 is 15.0 Å². The van der Waals surface area contributed by atoms with Gasteiger partial charge in [-0.1, -0.05) is 6.92 Å². The molecule has 0 saturated heterocycles. The van der Waals surface area contributed by atoms with Crippen molar-refractivity contribution in [1.29, 1.82) is 0 Å². The molecule has 0 atom stereocenters. The van der Waals surface area contributed by atoms with E-state index in [4.69, 9.17) is 4.74 Å². The second-order valence-corrected chi connectivity index (χ2v) is 4.48. The monoisotopic (exact) mass is 266 g/mol. The number of nitrogens with one attached hydrogen (secondary N) is 1. The molecule has 1 rings (SSSR count). The maximum absolute atomic E-state index is 11.4. The van der Waals surface area contributed by atoms with E-state index in [2.05, 4.69) is 15.3 Å². The highest BCUT2D eigenvalue weighted by Gasteiger charge is 2.06. The Bertz CT molecular complexity index is 421. The lowest BCUT2D eigenvalue weighted by Crippen LogP contribution is -2.24. The fourth-order valence-electron chi connectivity index (χ4n) is 1.40. The number of carbonyl (C=O) groups is 1. The number of rotatable bonds is 7. The Morgan fingerprint density at radius 3 is 2.79 bits per heavy atom. The van der Waals surface area contributed by atoms with E-state index in [0.717, 1.165) is 12.1 Å². The number of anilines is 1. The third kappa shape index (κ3) is 5.54. The van der Waals surface area contributed by atoms with Crippen molar-refractivity contribution in [3.8, 4) is 5.88 Å². The fraction of sp³-hybridized carbons (Fsp3) is 0.615. The molecule has 0 unspecified atom stereocenters. The number of aryl methyl sites for hydroxylation is 1. The molecule has 0 bridgehead atoms. The Labute approximate surface area is 114 Å². The second-order valence-electron chi connectivity index (χ2n) is 4.48. The zero-order valence-corrected chi connectivity index (χ0v) is 12.1. The number of carbonyl (C=O) groups excluding carboxylic acids is 1. The summed E-state index contributed by atoms with van der Waals surface area (Å²) in [6.45, 7) is 5.07. The van der Waals surface area contributed by atoms with Crippen LogP contribution in [-0.2, 0) is 4.79 Å². The third-order valence-corrected chi connectivity index (χ3v) is 2.41. The third-order valence-electron chi connectivity index (χ3n) is 2.41. The predicted molar refractivity (Wildman–Crippen MR) is 74.4 cm³/mol. The van der Waals surface area contributed by atoms with Crippen molar-refractivity contribution in [2.45, 2.75) is 26.7 Å². The first-order chi connectivity index (χ1) is 9.02. The van der Waals surface area contributed by atoms with Gasteiger partial charge in [0.2, 0.25) is 17.7 Å². The maximum atomic E-state index is 11.4. The van der Waals surface area contributed by atoms with E-state index in [1.54, 1.807) is 25.1 Å². The van der Waals surface area contributed by atoms with E-state index in [9.17, 15) is 4.79 Å². The largest absolute Gasteiger partial charge is 0.478 e. The van der Waals surface area contributed by atoms with Gasteiger partial charge in [-0.15, -0.1) is 0 Å². The van der Waals surface area contributed by atoms with Gasteiger partial charge in [0.15, 0.2) is 0 Å². The lowest BCUT2D eigenvalue weighted by atomic mass is 10.4. The SMILES string of the molecule is CCCOc1cc(C)nc(NCCC(=O)N(C)C)n1. The molecule has 19 heavy (non-hydrogen) atoms. The summed E-state index contributed by atoms with van der Waals surface area (Å²) in [6, 6.07) is 1.80. The van der Waals surface area contributed by atoms with Crippen LogP contribution in [0.4, 0.5) is 5.95 Å². The lowest BCUT2D eigenvalue weighted by molar-refractivity contribution is -0.128. The van der Waals surface area contributed by atoms with Gasteiger partial charge in [-0.2, -0.15) is 4.98 Å². The van der Waals surface area contributed by atoms with Crippen molar-refractivity contribution in [1.82, 2.24) is 14.9 Å². The van der Waals surface area contributed by atoms with E-state index in [0.29, 0.717) is 31.4 Å². The summed E-state index contributed by atoms with van der Waals surface area (Å²) in [7, 11) is 3.48. The van der Waals surface area contributed by atoms with Gasteiger partial charge in [0.05, 0.1) is 6.61 Å². The summed E-state index contributed by atoms with van der Waals surface area (Å²) >= 11 is 0. The Kier molecular flexibility index (Phi) is 6.05. The van der Waals surface area contributed by atoms with Crippen LogP contribution in [0, 0.1) is 6.92 Å². The molecular formula is C13H22N4O2. The van der Waals surface area contributed by atoms with Gasteiger partial charge in [0.1, 0.15) is 0 Å². The predicted octanol–water partition coefficient (Wildman–Crippen LogP) is 1.46. The number of aromatic nitrogens is 2. The summed E-state index contributed by atoms with van der Waals surface area (Å²) in [5.41, 5.74) is 0.836. The summed E-state index contributed by atoms with van der Waals surface area (Å²) in [6.07, 6.45) is 1.35. The average Bonchev–Trinajstić information content (AvgIpc) is 2.35. The highest BCUT2D eigenvalue weighted by Crippen LogP contribution is 2.12. The molecule has 1 amide bonds. The molecule has 6 heteroatoms. The quantitative estimate of drug-likeness (QED) is 0.809. The van der Waals surface area contributed by atoms with Crippen LogP contribution in [0.5, 0.6) is 5.88 Å². The van der Waals surface area contributed by atoms with Crippen LogP contribution in [-0.4, -0.2) is 48.0 Å². The van der Waals surface area contributed by atoms with Gasteiger partial charge in [-0.05, 0) is 13.3 Å². The van der Waals surface area contributed by atoms with Crippen molar-refractivity contribution < 1.29 is 9.53 Å². The molecule has 106 valence electrons. The zero-order chi connectivity index (χ0) is 14.3. The molecule has 1 heterocycles. The van der Waals surface area contributed by atoms with Crippen LogP contribution in [0.15, 0.2) is 6.07 Å². The van der Waals surface area contributed by atoms with Gasteiger partial charge >= 0.3 is 0 Å². The highest BCUT2D eigenvalue weighted by molar-refractivity contribution is 5.75. The minimum absolute atomic E-state index is 0.0719. The molecule has 0 aliphatic rings. The van der Waals surface area contributed by atoms with Crippen molar-refractivity contribution in [3.05, 3.63) is 11.8 Å².